The molecule has 0 saturated heterocycles. The molecule has 4 atom stereocenters. The quantitative estimate of drug-likeness (QED) is 0.0312. The number of nitrogens with one attached hydrogen (secondary N) is 1. The Morgan fingerprint density at radius 1 is 0.429 bits per heavy atom. The second kappa shape index (κ2) is 44.9. The first-order chi connectivity index (χ1) is 27.5. The molecule has 0 radical (unpaired) electrons. The molecule has 0 rings (SSSR count). The van der Waals surface area contributed by atoms with Crippen molar-refractivity contribution in [2.75, 3.05) is 6.61 Å². The van der Waals surface area contributed by atoms with E-state index in [4.69, 9.17) is 0 Å². The van der Waals surface area contributed by atoms with Gasteiger partial charge in [0.05, 0.1) is 18.8 Å². The maximum atomic E-state index is 12.5. The van der Waals surface area contributed by atoms with Crippen molar-refractivity contribution < 1.29 is 25.2 Å². The SMILES string of the molecule is CCCCCCCC/C=C\CCCCC(O)C(=O)NC(CO)C(O)C(O)CCC/C=C/CCCCCCCCCCCCCCCCCCCCCCCCC. The molecule has 0 aliphatic rings. The van der Waals surface area contributed by atoms with Crippen LogP contribution in [0.1, 0.15) is 258 Å². The first-order valence-electron chi connectivity index (χ1n) is 24.7. The zero-order chi connectivity index (χ0) is 41.0. The van der Waals surface area contributed by atoms with E-state index in [1.807, 2.05) is 0 Å². The summed E-state index contributed by atoms with van der Waals surface area (Å²) >= 11 is 0. The van der Waals surface area contributed by atoms with E-state index in [1.54, 1.807) is 0 Å². The second-order valence-corrected chi connectivity index (χ2v) is 17.2. The van der Waals surface area contributed by atoms with Gasteiger partial charge in [-0.05, 0) is 64.2 Å². The number of carbonyl (C=O) groups excluding carboxylic acids is 1. The van der Waals surface area contributed by atoms with Gasteiger partial charge in [-0.2, -0.15) is 0 Å². The number of aliphatic hydroxyl groups excluding tert-OH is 4. The Morgan fingerprint density at radius 3 is 1.07 bits per heavy atom. The molecule has 0 aromatic rings. The number of amides is 1. The Labute approximate surface area is 348 Å². The topological polar surface area (TPSA) is 110 Å². The van der Waals surface area contributed by atoms with Crippen molar-refractivity contribution >= 4 is 5.91 Å². The van der Waals surface area contributed by atoms with E-state index in [0.717, 1.165) is 44.9 Å². The molecule has 0 aromatic carbocycles. The predicted octanol–water partition coefficient (Wildman–Crippen LogP) is 13.5. The van der Waals surface area contributed by atoms with Crippen LogP contribution in [0.2, 0.25) is 0 Å². The lowest BCUT2D eigenvalue weighted by molar-refractivity contribution is -0.132. The number of unbranched alkanes of at least 4 members (excludes halogenated alkanes) is 32. The molecule has 332 valence electrons. The molecule has 0 spiro atoms. The molecule has 0 bridgehead atoms. The largest absolute Gasteiger partial charge is 0.394 e. The summed E-state index contributed by atoms with van der Waals surface area (Å²) in [6.07, 6.45) is 52.5. The third kappa shape index (κ3) is 38.3. The van der Waals surface area contributed by atoms with Gasteiger partial charge in [-0.1, -0.05) is 218 Å². The molecular formula is C50H97NO5. The normalized spacial score (nSPS) is 14.2. The fraction of sp³-hybridized carbons (Fsp3) is 0.900. The van der Waals surface area contributed by atoms with Crippen molar-refractivity contribution in [2.45, 2.75) is 282 Å². The molecule has 0 saturated carbocycles. The zero-order valence-electron chi connectivity index (χ0n) is 37.4. The van der Waals surface area contributed by atoms with E-state index in [-0.39, 0.29) is 0 Å². The van der Waals surface area contributed by atoms with Crippen LogP contribution in [-0.4, -0.2) is 57.3 Å². The highest BCUT2D eigenvalue weighted by Gasteiger charge is 2.28. The first-order valence-corrected chi connectivity index (χ1v) is 24.7. The average molecular weight is 792 g/mol. The molecule has 6 heteroatoms. The number of hydrogen-bond acceptors (Lipinski definition) is 5. The summed E-state index contributed by atoms with van der Waals surface area (Å²) in [7, 11) is 0. The highest BCUT2D eigenvalue weighted by molar-refractivity contribution is 5.80. The molecule has 6 nitrogen and oxygen atoms in total. The van der Waals surface area contributed by atoms with Gasteiger partial charge in [0, 0.05) is 0 Å². The van der Waals surface area contributed by atoms with Gasteiger partial charge >= 0.3 is 0 Å². The van der Waals surface area contributed by atoms with Crippen LogP contribution in [0.4, 0.5) is 0 Å². The highest BCUT2D eigenvalue weighted by Crippen LogP contribution is 2.17. The Morgan fingerprint density at radius 2 is 0.732 bits per heavy atom. The maximum absolute atomic E-state index is 12.5. The Bertz CT molecular complexity index is 847. The molecule has 0 aromatic heterocycles. The van der Waals surface area contributed by atoms with Crippen molar-refractivity contribution in [1.29, 1.82) is 0 Å². The zero-order valence-corrected chi connectivity index (χ0v) is 37.4. The van der Waals surface area contributed by atoms with Crippen LogP contribution in [0.25, 0.3) is 0 Å². The predicted molar refractivity (Wildman–Crippen MR) is 242 cm³/mol. The van der Waals surface area contributed by atoms with Crippen LogP contribution in [0.3, 0.4) is 0 Å². The van der Waals surface area contributed by atoms with E-state index in [9.17, 15) is 25.2 Å². The average Bonchev–Trinajstić information content (AvgIpc) is 3.20. The number of hydrogen-bond donors (Lipinski definition) is 5. The van der Waals surface area contributed by atoms with Crippen LogP contribution in [0.5, 0.6) is 0 Å². The van der Waals surface area contributed by atoms with Crippen LogP contribution >= 0.6 is 0 Å². The third-order valence-corrected chi connectivity index (χ3v) is 11.6. The van der Waals surface area contributed by atoms with Gasteiger partial charge in [0.1, 0.15) is 12.2 Å². The number of carbonyl (C=O) groups is 1. The van der Waals surface area contributed by atoms with Crippen molar-refractivity contribution in [2.24, 2.45) is 0 Å². The summed E-state index contributed by atoms with van der Waals surface area (Å²) in [5.74, 6) is -0.609. The van der Waals surface area contributed by atoms with Crippen molar-refractivity contribution in [3.8, 4) is 0 Å². The van der Waals surface area contributed by atoms with Gasteiger partial charge in [-0.25, -0.2) is 0 Å². The van der Waals surface area contributed by atoms with Crippen LogP contribution in [0, 0.1) is 0 Å². The smallest absolute Gasteiger partial charge is 0.249 e. The highest BCUT2D eigenvalue weighted by atomic mass is 16.3. The fourth-order valence-electron chi connectivity index (χ4n) is 7.69. The fourth-order valence-corrected chi connectivity index (χ4v) is 7.69. The Balaban J connectivity index is 3.65. The summed E-state index contributed by atoms with van der Waals surface area (Å²) in [5, 5.41) is 43.6. The lowest BCUT2D eigenvalue weighted by Crippen LogP contribution is -2.53. The molecule has 1 amide bonds. The van der Waals surface area contributed by atoms with Gasteiger partial charge in [0.15, 0.2) is 0 Å². The molecule has 56 heavy (non-hydrogen) atoms. The Kier molecular flexibility index (Phi) is 43.9. The molecule has 0 fully saturated rings. The summed E-state index contributed by atoms with van der Waals surface area (Å²) in [4.78, 5) is 12.5. The molecule has 0 aliphatic carbocycles. The van der Waals surface area contributed by atoms with Crippen molar-refractivity contribution in [1.82, 2.24) is 5.32 Å². The second-order valence-electron chi connectivity index (χ2n) is 17.2. The Hall–Kier alpha value is -1.21. The molecule has 0 heterocycles. The lowest BCUT2D eigenvalue weighted by Gasteiger charge is -2.27. The monoisotopic (exact) mass is 792 g/mol. The van der Waals surface area contributed by atoms with Crippen LogP contribution in [0.15, 0.2) is 24.3 Å². The van der Waals surface area contributed by atoms with E-state index < -0.39 is 36.9 Å². The first kappa shape index (κ1) is 54.8. The third-order valence-electron chi connectivity index (χ3n) is 11.6. The van der Waals surface area contributed by atoms with Crippen LogP contribution in [-0.2, 0) is 4.79 Å². The molecular weight excluding hydrogens is 695 g/mol. The summed E-state index contributed by atoms with van der Waals surface area (Å²) in [5.41, 5.74) is 0. The summed E-state index contributed by atoms with van der Waals surface area (Å²) in [6, 6.07) is -1.01. The van der Waals surface area contributed by atoms with E-state index in [0.29, 0.717) is 12.8 Å². The minimum atomic E-state index is -1.29. The van der Waals surface area contributed by atoms with E-state index in [2.05, 4.69) is 43.5 Å². The minimum absolute atomic E-state index is 0.333. The van der Waals surface area contributed by atoms with Crippen LogP contribution < -0.4 is 5.32 Å². The van der Waals surface area contributed by atoms with Crippen molar-refractivity contribution in [3.05, 3.63) is 24.3 Å². The van der Waals surface area contributed by atoms with Gasteiger partial charge in [0.2, 0.25) is 5.91 Å². The van der Waals surface area contributed by atoms with E-state index >= 15 is 0 Å². The number of aliphatic hydroxyl groups is 4. The molecule has 5 N–H and O–H groups in total. The minimum Gasteiger partial charge on any atom is -0.394 e. The summed E-state index contributed by atoms with van der Waals surface area (Å²) < 4.78 is 0. The van der Waals surface area contributed by atoms with Gasteiger partial charge in [-0.15, -0.1) is 0 Å². The van der Waals surface area contributed by atoms with Crippen molar-refractivity contribution in [3.63, 3.8) is 0 Å². The number of rotatable bonds is 45. The maximum Gasteiger partial charge on any atom is 0.249 e. The van der Waals surface area contributed by atoms with Gasteiger partial charge in [0.25, 0.3) is 0 Å². The van der Waals surface area contributed by atoms with E-state index in [1.165, 1.54) is 186 Å². The summed E-state index contributed by atoms with van der Waals surface area (Å²) in [6.45, 7) is 4.03. The van der Waals surface area contributed by atoms with Gasteiger partial charge in [-0.3, -0.25) is 4.79 Å². The molecule has 0 aliphatic heterocycles. The number of allylic oxidation sites excluding steroid dienone is 4. The molecule has 4 unspecified atom stereocenters. The standard InChI is InChI=1S/C50H97NO5/c1-3-5-7-9-11-13-15-17-18-19-20-21-22-23-24-25-26-27-28-29-30-31-32-34-35-37-39-41-43-47(53)49(55)46(45-52)51-50(56)48(54)44-42-40-38-36-33-16-14-12-10-8-6-4-2/h33,35-37,46-49,52-55H,3-32,34,38-45H2,1-2H3,(H,51,56)/b36-33-,37-35+. The lowest BCUT2D eigenvalue weighted by atomic mass is 10.00. The van der Waals surface area contributed by atoms with Gasteiger partial charge < -0.3 is 25.7 Å².